The van der Waals surface area contributed by atoms with E-state index in [1.54, 1.807) is 30.3 Å². The first kappa shape index (κ1) is 13.9. The molecule has 0 N–H and O–H groups in total. The molecule has 0 saturated heterocycles. The number of hydrazone groups is 1. The summed E-state index contributed by atoms with van der Waals surface area (Å²) in [6, 6.07) is 8.22. The second-order valence-corrected chi connectivity index (χ2v) is 4.67. The van der Waals surface area contributed by atoms with Gasteiger partial charge in [-0.2, -0.15) is 5.10 Å². The lowest BCUT2D eigenvalue weighted by Crippen LogP contribution is -2.47. The Bertz CT molecular complexity index is 609. The van der Waals surface area contributed by atoms with E-state index in [4.69, 9.17) is 4.74 Å². The van der Waals surface area contributed by atoms with Crippen molar-refractivity contribution in [2.75, 3.05) is 7.05 Å². The number of nitrogens with zero attached hydrogens (tertiary/aromatic N) is 2. The summed E-state index contributed by atoms with van der Waals surface area (Å²) in [5.41, 5.74) is -1.30. The fourth-order valence-electron chi connectivity index (χ4n) is 1.96. The summed E-state index contributed by atoms with van der Waals surface area (Å²) in [6.45, 7) is 2.92. The Morgan fingerprint density at radius 2 is 1.85 bits per heavy atom. The highest BCUT2D eigenvalue weighted by molar-refractivity contribution is 6.47. The maximum Gasteiger partial charge on any atom is 0.381 e. The lowest BCUT2D eigenvalue weighted by Gasteiger charge is -2.19. The van der Waals surface area contributed by atoms with E-state index < -0.39 is 23.1 Å². The molecule has 0 spiro atoms. The zero-order valence-corrected chi connectivity index (χ0v) is 11.4. The van der Waals surface area contributed by atoms with Crippen molar-refractivity contribution in [3.63, 3.8) is 0 Å². The van der Waals surface area contributed by atoms with Gasteiger partial charge < -0.3 is 4.74 Å². The molecular weight excluding hydrogens is 260 g/mol. The lowest BCUT2D eigenvalue weighted by atomic mass is 9.81. The van der Waals surface area contributed by atoms with Crippen LogP contribution < -0.4 is 4.74 Å². The van der Waals surface area contributed by atoms with Gasteiger partial charge in [0.2, 0.25) is 0 Å². The number of amides is 1. The van der Waals surface area contributed by atoms with Crippen LogP contribution in [0.3, 0.4) is 0 Å². The Morgan fingerprint density at radius 3 is 2.35 bits per heavy atom. The van der Waals surface area contributed by atoms with Crippen LogP contribution in [0.5, 0.6) is 5.75 Å². The van der Waals surface area contributed by atoms with Crippen molar-refractivity contribution in [2.24, 2.45) is 10.5 Å². The van der Waals surface area contributed by atoms with Gasteiger partial charge in [0.05, 0.1) is 5.71 Å². The summed E-state index contributed by atoms with van der Waals surface area (Å²) in [5, 5.41) is 4.96. The van der Waals surface area contributed by atoms with Gasteiger partial charge in [0.1, 0.15) is 5.75 Å². The molecule has 0 aliphatic carbocycles. The van der Waals surface area contributed by atoms with E-state index in [2.05, 4.69) is 5.10 Å². The van der Waals surface area contributed by atoms with Crippen LogP contribution in [-0.4, -0.2) is 35.4 Å². The average molecular weight is 274 g/mol. The van der Waals surface area contributed by atoms with Gasteiger partial charge in [0.25, 0.3) is 11.7 Å². The molecule has 1 heterocycles. The minimum absolute atomic E-state index is 0.253. The molecule has 1 aliphatic rings. The van der Waals surface area contributed by atoms with Gasteiger partial charge >= 0.3 is 5.97 Å². The van der Waals surface area contributed by atoms with Gasteiger partial charge in [-0.05, 0) is 26.0 Å². The molecule has 104 valence electrons. The number of rotatable bonds is 3. The molecular formula is C14H14N2O4. The second-order valence-electron chi connectivity index (χ2n) is 4.67. The molecule has 0 bridgehead atoms. The summed E-state index contributed by atoms with van der Waals surface area (Å²) in [4.78, 5) is 36.2. The maximum atomic E-state index is 12.2. The Labute approximate surface area is 116 Å². The van der Waals surface area contributed by atoms with E-state index in [1.165, 1.54) is 20.9 Å². The van der Waals surface area contributed by atoms with E-state index in [0.29, 0.717) is 0 Å². The van der Waals surface area contributed by atoms with Crippen LogP contribution in [0.4, 0.5) is 0 Å². The van der Waals surface area contributed by atoms with Crippen LogP contribution in [0.2, 0.25) is 0 Å². The molecule has 0 saturated carbocycles. The van der Waals surface area contributed by atoms with Crippen LogP contribution in [0.1, 0.15) is 13.8 Å². The first-order valence-electron chi connectivity index (χ1n) is 6.03. The molecule has 6 nitrogen and oxygen atoms in total. The molecule has 2 rings (SSSR count). The molecule has 1 aromatic carbocycles. The van der Waals surface area contributed by atoms with E-state index in [0.717, 1.165) is 5.01 Å². The number of Topliss-reactive ketones (excluding diaryl/α,β-unsaturated/α-hetero) is 1. The van der Waals surface area contributed by atoms with E-state index >= 15 is 0 Å². The molecule has 1 unspecified atom stereocenters. The average Bonchev–Trinajstić information content (AvgIpc) is 2.63. The Morgan fingerprint density at radius 1 is 1.25 bits per heavy atom. The zero-order chi connectivity index (χ0) is 14.9. The molecule has 0 aromatic heterocycles. The Balaban J connectivity index is 2.22. The topological polar surface area (TPSA) is 76.0 Å². The highest BCUT2D eigenvalue weighted by Crippen LogP contribution is 2.29. The minimum Gasteiger partial charge on any atom is -0.421 e. The van der Waals surface area contributed by atoms with Gasteiger partial charge in [0, 0.05) is 7.05 Å². The Hall–Kier alpha value is -2.50. The van der Waals surface area contributed by atoms with Crippen molar-refractivity contribution in [1.82, 2.24) is 5.01 Å². The van der Waals surface area contributed by atoms with Gasteiger partial charge in [-0.15, -0.1) is 0 Å². The summed E-state index contributed by atoms with van der Waals surface area (Å²) in [6.07, 6.45) is 0. The zero-order valence-electron chi connectivity index (χ0n) is 11.4. The monoisotopic (exact) mass is 274 g/mol. The molecule has 0 radical (unpaired) electrons. The SMILES string of the molecule is CC1=NN(C)C(=O)C1(C)C(=O)C(=O)Oc1ccccc1. The summed E-state index contributed by atoms with van der Waals surface area (Å²) < 4.78 is 4.97. The van der Waals surface area contributed by atoms with Crippen molar-refractivity contribution in [2.45, 2.75) is 13.8 Å². The number of hydrogen-bond acceptors (Lipinski definition) is 5. The van der Waals surface area contributed by atoms with Crippen molar-refractivity contribution in [1.29, 1.82) is 0 Å². The van der Waals surface area contributed by atoms with Crippen molar-refractivity contribution in [3.8, 4) is 5.75 Å². The highest BCUT2D eigenvalue weighted by atomic mass is 16.5. The quantitative estimate of drug-likeness (QED) is 0.357. The predicted molar refractivity (Wildman–Crippen MR) is 71.1 cm³/mol. The minimum atomic E-state index is -1.58. The van der Waals surface area contributed by atoms with Crippen LogP contribution in [0, 0.1) is 5.41 Å². The number of esters is 1. The summed E-state index contributed by atoms with van der Waals surface area (Å²) in [7, 11) is 1.44. The van der Waals surface area contributed by atoms with Crippen molar-refractivity contribution >= 4 is 23.4 Å². The van der Waals surface area contributed by atoms with Crippen molar-refractivity contribution in [3.05, 3.63) is 30.3 Å². The number of ether oxygens (including phenoxy) is 1. The highest BCUT2D eigenvalue weighted by Gasteiger charge is 2.53. The van der Waals surface area contributed by atoms with Gasteiger partial charge in [-0.3, -0.25) is 9.59 Å². The van der Waals surface area contributed by atoms with Gasteiger partial charge in [-0.1, -0.05) is 18.2 Å². The number of para-hydroxylation sites is 1. The largest absolute Gasteiger partial charge is 0.421 e. The molecule has 1 aromatic rings. The fraction of sp³-hybridized carbons (Fsp3) is 0.286. The summed E-state index contributed by atoms with van der Waals surface area (Å²) >= 11 is 0. The van der Waals surface area contributed by atoms with Crippen molar-refractivity contribution < 1.29 is 19.1 Å². The third-order valence-corrected chi connectivity index (χ3v) is 3.34. The van der Waals surface area contributed by atoms with E-state index in [-0.39, 0.29) is 11.5 Å². The first-order chi connectivity index (χ1) is 9.37. The number of hydrogen-bond donors (Lipinski definition) is 0. The fourth-order valence-corrected chi connectivity index (χ4v) is 1.96. The molecule has 6 heteroatoms. The maximum absolute atomic E-state index is 12.2. The van der Waals surface area contributed by atoms with Crippen LogP contribution >= 0.6 is 0 Å². The Kier molecular flexibility index (Phi) is 3.40. The van der Waals surface area contributed by atoms with E-state index in [1.807, 2.05) is 0 Å². The van der Waals surface area contributed by atoms with Gasteiger partial charge in [0.15, 0.2) is 5.41 Å². The van der Waals surface area contributed by atoms with Gasteiger partial charge in [-0.25, -0.2) is 9.80 Å². The molecule has 20 heavy (non-hydrogen) atoms. The standard InChI is InChI=1S/C14H14N2O4/c1-9-14(2,13(19)16(3)15-9)11(17)12(18)20-10-7-5-4-6-8-10/h4-8H,1-3H3. The normalized spacial score (nSPS) is 21.6. The lowest BCUT2D eigenvalue weighted by molar-refractivity contribution is -0.154. The van der Waals surface area contributed by atoms with Crippen LogP contribution in [0.15, 0.2) is 35.4 Å². The first-order valence-corrected chi connectivity index (χ1v) is 6.03. The molecule has 1 amide bonds. The number of ketones is 1. The third kappa shape index (κ3) is 2.09. The van der Waals surface area contributed by atoms with E-state index in [9.17, 15) is 14.4 Å². The van der Waals surface area contributed by atoms with Crippen LogP contribution in [-0.2, 0) is 14.4 Å². The second kappa shape index (κ2) is 4.88. The smallest absolute Gasteiger partial charge is 0.381 e. The van der Waals surface area contributed by atoms with Crippen LogP contribution in [0.25, 0.3) is 0 Å². The number of carbonyl (C=O) groups is 3. The number of benzene rings is 1. The molecule has 1 atom stereocenters. The third-order valence-electron chi connectivity index (χ3n) is 3.34. The number of carbonyl (C=O) groups excluding carboxylic acids is 3. The molecule has 0 fully saturated rings. The molecule has 1 aliphatic heterocycles. The predicted octanol–water partition coefficient (Wildman–Crippen LogP) is 1.02. The summed E-state index contributed by atoms with van der Waals surface area (Å²) in [5.74, 6) is -2.28.